The van der Waals surface area contributed by atoms with Crippen molar-refractivity contribution in [3.63, 3.8) is 0 Å². The van der Waals surface area contributed by atoms with Crippen molar-refractivity contribution in [1.29, 1.82) is 0 Å². The zero-order valence-electron chi connectivity index (χ0n) is 14.3. The minimum Gasteiger partial charge on any atom is -0.324 e. The molecule has 130 valence electrons. The van der Waals surface area contributed by atoms with Gasteiger partial charge in [0, 0.05) is 31.4 Å². The van der Waals surface area contributed by atoms with E-state index < -0.39 is 0 Å². The Bertz CT molecular complexity index is 978. The third kappa shape index (κ3) is 3.04. The Morgan fingerprint density at radius 1 is 1.08 bits per heavy atom. The predicted molar refractivity (Wildman–Crippen MR) is 98.6 cm³/mol. The van der Waals surface area contributed by atoms with Crippen LogP contribution in [0.15, 0.2) is 78.2 Å². The predicted octanol–water partition coefficient (Wildman–Crippen LogP) is 4.31. The smallest absolute Gasteiger partial charge is 0.240 e. The van der Waals surface area contributed by atoms with Crippen LogP contribution in [0.1, 0.15) is 30.5 Å². The highest BCUT2D eigenvalue weighted by atomic mass is 19.1. The molecule has 0 spiro atoms. The van der Waals surface area contributed by atoms with Crippen LogP contribution in [0.3, 0.4) is 0 Å². The SMILES string of the molecule is CC(=O)N1N=C(c2cccc(-n3cccc3)c2)CC1c1cccc(F)c1. The van der Waals surface area contributed by atoms with Gasteiger partial charge in [-0.3, -0.25) is 4.79 Å². The number of nitrogens with zero attached hydrogens (tertiary/aromatic N) is 3. The van der Waals surface area contributed by atoms with E-state index in [1.807, 2.05) is 59.4 Å². The molecule has 0 bridgehead atoms. The molecule has 1 unspecified atom stereocenters. The van der Waals surface area contributed by atoms with E-state index in [2.05, 4.69) is 5.10 Å². The van der Waals surface area contributed by atoms with Gasteiger partial charge in [-0.15, -0.1) is 0 Å². The number of hydrazone groups is 1. The monoisotopic (exact) mass is 347 g/mol. The fraction of sp³-hybridized carbons (Fsp3) is 0.143. The van der Waals surface area contributed by atoms with E-state index in [0.717, 1.165) is 22.5 Å². The summed E-state index contributed by atoms with van der Waals surface area (Å²) in [6.45, 7) is 1.48. The summed E-state index contributed by atoms with van der Waals surface area (Å²) < 4.78 is 15.7. The molecule has 5 heteroatoms. The molecule has 0 radical (unpaired) electrons. The lowest BCUT2D eigenvalue weighted by Crippen LogP contribution is -2.24. The third-order valence-electron chi connectivity index (χ3n) is 4.55. The van der Waals surface area contributed by atoms with E-state index in [4.69, 9.17) is 0 Å². The number of hydrogen-bond donors (Lipinski definition) is 0. The largest absolute Gasteiger partial charge is 0.324 e. The van der Waals surface area contributed by atoms with Crippen molar-refractivity contribution in [2.45, 2.75) is 19.4 Å². The highest BCUT2D eigenvalue weighted by Gasteiger charge is 2.31. The fourth-order valence-corrected chi connectivity index (χ4v) is 3.30. The Balaban J connectivity index is 1.68. The fourth-order valence-electron chi connectivity index (χ4n) is 3.30. The molecule has 4 nitrogen and oxygen atoms in total. The van der Waals surface area contributed by atoms with Gasteiger partial charge in [0.2, 0.25) is 5.91 Å². The van der Waals surface area contributed by atoms with Crippen LogP contribution in [-0.2, 0) is 4.79 Å². The maximum absolute atomic E-state index is 13.6. The van der Waals surface area contributed by atoms with Crippen LogP contribution in [0.25, 0.3) is 5.69 Å². The highest BCUT2D eigenvalue weighted by Crippen LogP contribution is 2.33. The minimum absolute atomic E-state index is 0.157. The van der Waals surface area contributed by atoms with Gasteiger partial charge in [0.05, 0.1) is 11.8 Å². The molecule has 0 fully saturated rings. The molecule has 1 aromatic heterocycles. The van der Waals surface area contributed by atoms with Crippen molar-refractivity contribution in [2.24, 2.45) is 5.10 Å². The molecule has 2 heterocycles. The Hall–Kier alpha value is -3.21. The molecule has 1 aliphatic rings. The summed E-state index contributed by atoms with van der Waals surface area (Å²) >= 11 is 0. The molecule has 0 aliphatic carbocycles. The second-order valence-corrected chi connectivity index (χ2v) is 6.33. The van der Waals surface area contributed by atoms with Crippen molar-refractivity contribution >= 4 is 11.6 Å². The first-order valence-electron chi connectivity index (χ1n) is 8.48. The first kappa shape index (κ1) is 16.3. The Labute approximate surface area is 151 Å². The summed E-state index contributed by atoms with van der Waals surface area (Å²) in [6.07, 6.45) is 4.51. The maximum Gasteiger partial charge on any atom is 0.240 e. The van der Waals surface area contributed by atoms with Gasteiger partial charge in [-0.2, -0.15) is 5.10 Å². The normalized spacial score (nSPS) is 16.6. The quantitative estimate of drug-likeness (QED) is 0.695. The molecule has 1 atom stereocenters. The van der Waals surface area contributed by atoms with Crippen LogP contribution in [0.2, 0.25) is 0 Å². The van der Waals surface area contributed by atoms with Gasteiger partial charge >= 0.3 is 0 Å². The third-order valence-corrected chi connectivity index (χ3v) is 4.55. The lowest BCUT2D eigenvalue weighted by atomic mass is 9.98. The van der Waals surface area contributed by atoms with E-state index in [9.17, 15) is 9.18 Å². The molecular formula is C21H18FN3O. The lowest BCUT2D eigenvalue weighted by Gasteiger charge is -2.20. The molecule has 1 aliphatic heterocycles. The van der Waals surface area contributed by atoms with Crippen molar-refractivity contribution < 1.29 is 9.18 Å². The topological polar surface area (TPSA) is 37.6 Å². The number of rotatable bonds is 3. The molecule has 2 aromatic carbocycles. The van der Waals surface area contributed by atoms with Gasteiger partial charge in [0.1, 0.15) is 5.82 Å². The Morgan fingerprint density at radius 2 is 1.85 bits per heavy atom. The van der Waals surface area contributed by atoms with Crippen molar-refractivity contribution in [3.8, 4) is 5.69 Å². The summed E-state index contributed by atoms with van der Waals surface area (Å²) in [7, 11) is 0. The van der Waals surface area contributed by atoms with Gasteiger partial charge in [-0.05, 0) is 47.5 Å². The molecule has 1 amide bonds. The van der Waals surface area contributed by atoms with Crippen molar-refractivity contribution in [2.75, 3.05) is 0 Å². The summed E-state index contributed by atoms with van der Waals surface area (Å²) in [5.74, 6) is -0.468. The Kier molecular flexibility index (Phi) is 4.13. The molecule has 0 N–H and O–H groups in total. The van der Waals surface area contributed by atoms with Gasteiger partial charge < -0.3 is 4.57 Å². The standard InChI is InChI=1S/C21H18FN3O/c1-15(26)25-21(17-7-4-8-18(22)12-17)14-20(23-25)16-6-5-9-19(13-16)24-10-2-3-11-24/h2-13,21H,14H2,1H3. The van der Waals surface area contributed by atoms with Crippen molar-refractivity contribution in [1.82, 2.24) is 9.58 Å². The molecule has 0 saturated heterocycles. The van der Waals surface area contributed by atoms with Crippen molar-refractivity contribution in [3.05, 3.63) is 90.0 Å². The maximum atomic E-state index is 13.6. The molecule has 3 aromatic rings. The summed E-state index contributed by atoms with van der Waals surface area (Å²) in [5.41, 5.74) is 3.56. The molecule has 0 saturated carbocycles. The first-order valence-corrected chi connectivity index (χ1v) is 8.48. The molecule has 4 rings (SSSR count). The van der Waals surface area contributed by atoms with Crippen LogP contribution >= 0.6 is 0 Å². The average Bonchev–Trinajstić information content (AvgIpc) is 3.32. The molecular weight excluding hydrogens is 329 g/mol. The van der Waals surface area contributed by atoms with E-state index >= 15 is 0 Å². The zero-order valence-corrected chi connectivity index (χ0v) is 14.3. The van der Waals surface area contributed by atoms with Crippen LogP contribution < -0.4 is 0 Å². The summed E-state index contributed by atoms with van der Waals surface area (Å²) in [5, 5.41) is 5.99. The number of carbonyl (C=O) groups excluding carboxylic acids is 1. The van der Waals surface area contributed by atoms with Crippen LogP contribution in [0.4, 0.5) is 4.39 Å². The van der Waals surface area contributed by atoms with E-state index in [0.29, 0.717) is 6.42 Å². The number of benzene rings is 2. The number of amides is 1. The second-order valence-electron chi connectivity index (χ2n) is 6.33. The van der Waals surface area contributed by atoms with Gasteiger partial charge in [-0.1, -0.05) is 24.3 Å². The van der Waals surface area contributed by atoms with Gasteiger partial charge in [0.25, 0.3) is 0 Å². The number of carbonyl (C=O) groups is 1. The summed E-state index contributed by atoms with van der Waals surface area (Å²) in [6, 6.07) is 18.0. The van der Waals surface area contributed by atoms with Crippen LogP contribution in [0, 0.1) is 5.82 Å². The van der Waals surface area contributed by atoms with E-state index in [-0.39, 0.29) is 17.8 Å². The number of hydrogen-bond acceptors (Lipinski definition) is 2. The lowest BCUT2D eigenvalue weighted by molar-refractivity contribution is -0.130. The summed E-state index contributed by atoms with van der Waals surface area (Å²) in [4.78, 5) is 12.1. The second kappa shape index (κ2) is 6.59. The highest BCUT2D eigenvalue weighted by molar-refractivity contribution is 6.03. The molecule has 26 heavy (non-hydrogen) atoms. The average molecular weight is 347 g/mol. The first-order chi connectivity index (χ1) is 12.6. The zero-order chi connectivity index (χ0) is 18.1. The Morgan fingerprint density at radius 3 is 2.58 bits per heavy atom. The van der Waals surface area contributed by atoms with Crippen LogP contribution in [0.5, 0.6) is 0 Å². The number of aromatic nitrogens is 1. The van der Waals surface area contributed by atoms with E-state index in [1.165, 1.54) is 24.1 Å². The van der Waals surface area contributed by atoms with Gasteiger partial charge in [0.15, 0.2) is 0 Å². The van der Waals surface area contributed by atoms with E-state index in [1.54, 1.807) is 6.07 Å². The van der Waals surface area contributed by atoms with Crippen LogP contribution in [-0.4, -0.2) is 21.2 Å². The van der Waals surface area contributed by atoms with Gasteiger partial charge in [-0.25, -0.2) is 9.40 Å². The number of halogens is 1. The minimum atomic E-state index is -0.311.